The van der Waals surface area contributed by atoms with Gasteiger partial charge in [0.2, 0.25) is 5.28 Å². The molecule has 0 saturated heterocycles. The number of likely N-dealkylation sites (N-methyl/N-ethyl adjacent to an activating group) is 1. The molecule has 1 heterocycles. The number of esters is 1. The van der Waals surface area contributed by atoms with Gasteiger partial charge in [0.05, 0.1) is 34.2 Å². The van der Waals surface area contributed by atoms with Crippen LogP contribution in [-0.2, 0) is 35.4 Å². The molecule has 46 heavy (non-hydrogen) atoms. The van der Waals surface area contributed by atoms with Crippen LogP contribution in [0.4, 0.5) is 13.2 Å². The van der Waals surface area contributed by atoms with Crippen molar-refractivity contribution < 1.29 is 45.7 Å². The number of hydrogen-bond donors (Lipinski definition) is 1. The molecule has 1 aromatic heterocycles. The molecule has 0 aliphatic rings. The molecule has 0 radical (unpaired) electrons. The van der Waals surface area contributed by atoms with Crippen molar-refractivity contribution in [3.8, 4) is 16.9 Å². The Morgan fingerprint density at radius 1 is 1.11 bits per heavy atom. The van der Waals surface area contributed by atoms with Gasteiger partial charge in [0.15, 0.2) is 11.7 Å². The van der Waals surface area contributed by atoms with Crippen LogP contribution in [0.1, 0.15) is 45.4 Å². The minimum atomic E-state index is -4.72. The number of alkyl halides is 3. The van der Waals surface area contributed by atoms with E-state index in [0.717, 1.165) is 33.5 Å². The number of sulfonamides is 1. The third-order valence-electron chi connectivity index (χ3n) is 6.95. The summed E-state index contributed by atoms with van der Waals surface area (Å²) >= 11 is 0. The van der Waals surface area contributed by atoms with E-state index >= 15 is 0 Å². The number of nitrogens with one attached hydrogen (secondary N) is 1. The summed E-state index contributed by atoms with van der Waals surface area (Å²) in [5.41, 5.74) is 0.494. The summed E-state index contributed by atoms with van der Waals surface area (Å²) in [7, 11) is -3.31. The summed E-state index contributed by atoms with van der Waals surface area (Å²) in [4.78, 5) is 29.0. The second kappa shape index (κ2) is 14.6. The zero-order chi connectivity index (χ0) is 34.4. The first-order chi connectivity index (χ1) is 21.5. The average Bonchev–Trinajstić information content (AvgIpc) is 3.45. The van der Waals surface area contributed by atoms with E-state index in [1.807, 2.05) is 11.6 Å². The Balaban J connectivity index is 1.84. The molecule has 3 aromatic rings. The molecular weight excluding hydrogens is 633 g/mol. The fourth-order valence-electron chi connectivity index (χ4n) is 4.17. The Morgan fingerprint density at radius 3 is 2.26 bits per heavy atom. The van der Waals surface area contributed by atoms with Gasteiger partial charge < -0.3 is 14.8 Å². The zero-order valence-corrected chi connectivity index (χ0v) is 26.8. The molecule has 0 aliphatic carbocycles. The predicted octanol–water partition coefficient (Wildman–Crippen LogP) is 4.98. The maximum atomic E-state index is 13.6. The van der Waals surface area contributed by atoms with E-state index in [9.17, 15) is 36.4 Å². The molecule has 0 aliphatic heterocycles. The molecule has 13 nitrogen and oxygen atoms in total. The summed E-state index contributed by atoms with van der Waals surface area (Å²) in [6.07, 6.45) is -4.36. The maximum absolute atomic E-state index is 13.6. The maximum Gasteiger partial charge on any atom is 0.435 e. The van der Waals surface area contributed by atoms with E-state index in [4.69, 9.17) is 9.57 Å². The summed E-state index contributed by atoms with van der Waals surface area (Å²) < 4.78 is 74.8. The SMILES string of the molecule is CC[C@@H](C)[C@@H](C(=O)NS(=O)(=O)c1ccc(-n2nc(C(F)(F)F)cc2-c2ccc(C)cc2)cc1)N(C)[N+]([O-])=NOCOC(=O)C(C)C. The zero-order valence-electron chi connectivity index (χ0n) is 26.0. The van der Waals surface area contributed by atoms with Crippen molar-refractivity contribution >= 4 is 21.9 Å². The van der Waals surface area contributed by atoms with Crippen molar-refractivity contribution in [1.82, 2.24) is 19.5 Å². The number of aromatic nitrogens is 2. The Bertz CT molecular complexity index is 1660. The normalized spacial score (nSPS) is 13.7. The summed E-state index contributed by atoms with van der Waals surface area (Å²) in [6.45, 7) is 7.71. The van der Waals surface area contributed by atoms with Crippen LogP contribution in [0.15, 0.2) is 64.8 Å². The predicted molar refractivity (Wildman–Crippen MR) is 158 cm³/mol. The Morgan fingerprint density at radius 2 is 1.72 bits per heavy atom. The van der Waals surface area contributed by atoms with Crippen molar-refractivity contribution in [3.05, 3.63) is 71.1 Å². The largest absolute Gasteiger partial charge is 0.569 e. The van der Waals surface area contributed by atoms with Crippen molar-refractivity contribution in [2.75, 3.05) is 13.8 Å². The number of halogens is 3. The van der Waals surface area contributed by atoms with Crippen molar-refractivity contribution in [2.45, 2.75) is 58.2 Å². The van der Waals surface area contributed by atoms with Gasteiger partial charge >= 0.3 is 12.1 Å². The molecule has 1 amide bonds. The highest BCUT2D eigenvalue weighted by molar-refractivity contribution is 7.90. The number of hydrogen-bond acceptors (Lipinski definition) is 9. The Hall–Kier alpha value is -4.67. The van der Waals surface area contributed by atoms with Crippen molar-refractivity contribution in [1.29, 1.82) is 0 Å². The number of nitrogens with zero attached hydrogens (tertiary/aromatic N) is 5. The molecule has 250 valence electrons. The quantitative estimate of drug-likeness (QED) is 0.0662. The van der Waals surface area contributed by atoms with Crippen LogP contribution in [-0.4, -0.2) is 59.9 Å². The summed E-state index contributed by atoms with van der Waals surface area (Å²) in [5.74, 6) is -2.61. The fraction of sp³-hybridized carbons (Fsp3) is 0.414. The third kappa shape index (κ3) is 8.74. The minimum absolute atomic E-state index is 0.0774. The van der Waals surface area contributed by atoms with Gasteiger partial charge in [-0.15, -0.1) is 5.01 Å². The number of rotatable bonds is 13. The monoisotopic (exact) mass is 668 g/mol. The Labute approximate surface area is 264 Å². The van der Waals surface area contributed by atoms with Gasteiger partial charge in [-0.25, -0.2) is 17.8 Å². The smallest absolute Gasteiger partial charge is 0.435 e. The number of aryl methyl sites for hydroxylation is 1. The number of ether oxygens (including phenoxy) is 1. The standard InChI is InChI=1S/C29H35F3N6O7S/c1-7-20(5)26(36(6)38(41)35-45-17-44-28(40)18(2)3)27(39)34-46(42,43)23-14-12-22(13-15-23)37-24(16-25(33-37)29(30,31)32)21-10-8-19(4)9-11-21/h8-16,18,20,26H,7,17H2,1-6H3,(H,34,39)/t20-,26+/m1/s1. The number of amides is 1. The lowest BCUT2D eigenvalue weighted by molar-refractivity contribution is -0.712. The number of carbonyl (C=O) groups is 2. The van der Waals surface area contributed by atoms with Crippen LogP contribution in [0.25, 0.3) is 16.9 Å². The van der Waals surface area contributed by atoms with E-state index in [2.05, 4.69) is 10.4 Å². The summed E-state index contributed by atoms with van der Waals surface area (Å²) in [5, 5.41) is 20.3. The molecule has 0 bridgehead atoms. The van der Waals surface area contributed by atoms with Gasteiger partial charge in [-0.3, -0.25) is 9.59 Å². The second-order valence-corrected chi connectivity index (χ2v) is 12.4. The first-order valence-electron chi connectivity index (χ1n) is 14.1. The number of hydrazine groups is 1. The van der Waals surface area contributed by atoms with E-state index in [-0.39, 0.29) is 21.2 Å². The molecule has 2 aromatic carbocycles. The molecule has 1 N–H and O–H groups in total. The molecule has 2 atom stereocenters. The third-order valence-corrected chi connectivity index (χ3v) is 8.31. The lowest BCUT2D eigenvalue weighted by atomic mass is 9.98. The fourth-order valence-corrected chi connectivity index (χ4v) is 5.17. The second-order valence-electron chi connectivity index (χ2n) is 10.8. The molecule has 0 saturated carbocycles. The van der Waals surface area contributed by atoms with Crippen molar-refractivity contribution in [2.24, 2.45) is 17.1 Å². The lowest BCUT2D eigenvalue weighted by Crippen LogP contribution is -2.52. The number of benzene rings is 2. The molecule has 17 heteroatoms. The van der Waals surface area contributed by atoms with Crippen LogP contribution in [0.3, 0.4) is 0 Å². The molecule has 0 fully saturated rings. The van der Waals surface area contributed by atoms with Crippen LogP contribution in [0.2, 0.25) is 0 Å². The highest BCUT2D eigenvalue weighted by Crippen LogP contribution is 2.33. The van der Waals surface area contributed by atoms with E-state index in [1.165, 1.54) is 19.2 Å². The van der Waals surface area contributed by atoms with Crippen LogP contribution < -0.4 is 4.72 Å². The Kier molecular flexibility index (Phi) is 11.4. The van der Waals surface area contributed by atoms with Crippen LogP contribution in [0.5, 0.6) is 0 Å². The molecule has 3 rings (SSSR count). The minimum Gasteiger partial charge on any atom is -0.569 e. The van der Waals surface area contributed by atoms with E-state index in [0.29, 0.717) is 12.0 Å². The van der Waals surface area contributed by atoms with Gasteiger partial charge in [-0.2, -0.15) is 18.3 Å². The molecular formula is C29H35F3N6O7S. The van der Waals surface area contributed by atoms with E-state index in [1.54, 1.807) is 52.0 Å². The highest BCUT2D eigenvalue weighted by Gasteiger charge is 2.37. The van der Waals surface area contributed by atoms with E-state index < -0.39 is 58.4 Å². The van der Waals surface area contributed by atoms with Crippen LogP contribution in [0, 0.1) is 24.0 Å². The van der Waals surface area contributed by atoms with Crippen molar-refractivity contribution in [3.63, 3.8) is 0 Å². The number of carbonyl (C=O) groups excluding carboxylic acids is 2. The van der Waals surface area contributed by atoms with Gasteiger partial charge in [-0.05, 0) is 43.2 Å². The first-order valence-corrected chi connectivity index (χ1v) is 15.6. The lowest BCUT2D eigenvalue weighted by Gasteiger charge is -2.27. The highest BCUT2D eigenvalue weighted by atomic mass is 32.2. The van der Waals surface area contributed by atoms with Gasteiger partial charge in [-0.1, -0.05) is 63.9 Å². The van der Waals surface area contributed by atoms with Gasteiger partial charge in [0.25, 0.3) is 22.7 Å². The summed E-state index contributed by atoms with van der Waals surface area (Å²) in [6, 6.07) is 11.1. The average molecular weight is 669 g/mol. The van der Waals surface area contributed by atoms with Gasteiger partial charge in [0, 0.05) is 5.56 Å². The first kappa shape index (κ1) is 35.8. The molecule has 0 unspecified atom stereocenters. The molecule has 0 spiro atoms. The topological polar surface area (TPSA) is 158 Å². The van der Waals surface area contributed by atoms with Gasteiger partial charge in [0.1, 0.15) is 0 Å². The van der Waals surface area contributed by atoms with Crippen LogP contribution >= 0.6 is 0 Å².